The number of rotatable bonds is 5. The number of halogens is 2. The molecule has 0 aromatic heterocycles. The number of amidine groups is 1. The first-order valence-electron chi connectivity index (χ1n) is 10.3. The minimum atomic E-state index is 0.00950. The fourth-order valence-corrected chi connectivity index (χ4v) is 6.17. The highest BCUT2D eigenvalue weighted by molar-refractivity contribution is 8.19. The Morgan fingerprint density at radius 1 is 1.03 bits per heavy atom. The molecule has 1 fully saturated rings. The Morgan fingerprint density at radius 3 is 2.55 bits per heavy atom. The molecule has 0 atom stereocenters. The third kappa shape index (κ3) is 4.49. The van der Waals surface area contributed by atoms with Gasteiger partial charge in [-0.3, -0.25) is 9.69 Å². The maximum atomic E-state index is 13.5. The van der Waals surface area contributed by atoms with Crippen molar-refractivity contribution in [3.05, 3.63) is 61.9 Å². The van der Waals surface area contributed by atoms with Gasteiger partial charge < -0.3 is 4.90 Å². The van der Waals surface area contributed by atoms with E-state index in [1.54, 1.807) is 16.7 Å². The molecule has 0 saturated carbocycles. The van der Waals surface area contributed by atoms with Crippen LogP contribution >= 0.6 is 46.7 Å². The molecule has 2 aliphatic heterocycles. The number of fused-ring (bicyclic) bond motifs is 1. The first-order chi connectivity index (χ1) is 14.9. The van der Waals surface area contributed by atoms with E-state index in [0.717, 1.165) is 46.2 Å². The predicted molar refractivity (Wildman–Crippen MR) is 135 cm³/mol. The molecule has 162 valence electrons. The van der Waals surface area contributed by atoms with Crippen molar-refractivity contribution in [3.8, 4) is 0 Å². The minimum absolute atomic E-state index is 0.00950. The quantitative estimate of drug-likeness (QED) is 0.406. The second-order valence-corrected chi connectivity index (χ2v) is 10.2. The molecule has 31 heavy (non-hydrogen) atoms. The summed E-state index contributed by atoms with van der Waals surface area (Å²) in [6, 6.07) is 11.6. The van der Waals surface area contributed by atoms with E-state index in [1.165, 1.54) is 11.8 Å². The number of carbonyl (C=O) groups is 1. The van der Waals surface area contributed by atoms with Gasteiger partial charge in [-0.05, 0) is 67.9 Å². The van der Waals surface area contributed by atoms with Gasteiger partial charge in [0.15, 0.2) is 5.17 Å². The van der Waals surface area contributed by atoms with Crippen molar-refractivity contribution >= 4 is 69.2 Å². The van der Waals surface area contributed by atoms with Gasteiger partial charge in [-0.1, -0.05) is 54.4 Å². The third-order valence-corrected chi connectivity index (χ3v) is 8.17. The van der Waals surface area contributed by atoms with Crippen molar-refractivity contribution in [1.29, 1.82) is 0 Å². The summed E-state index contributed by atoms with van der Waals surface area (Å²) < 4.78 is 0. The Labute approximate surface area is 201 Å². The van der Waals surface area contributed by atoms with Crippen LogP contribution in [0.25, 0.3) is 0 Å². The van der Waals surface area contributed by atoms with E-state index < -0.39 is 0 Å². The molecule has 2 heterocycles. The zero-order chi connectivity index (χ0) is 22.1. The van der Waals surface area contributed by atoms with Crippen LogP contribution in [0.2, 0.25) is 10.0 Å². The number of thioether (sulfide) groups is 2. The largest absolute Gasteiger partial charge is 0.334 e. The smallest absolute Gasteiger partial charge is 0.269 e. The fraction of sp³-hybridized carbons (Fsp3) is 0.304. The zero-order valence-corrected chi connectivity index (χ0v) is 20.8. The molecule has 4 nitrogen and oxygen atoms in total. The van der Waals surface area contributed by atoms with Crippen LogP contribution in [-0.2, 0) is 4.79 Å². The number of nitrogens with zero attached hydrogens (tertiary/aromatic N) is 3. The molecule has 0 unspecified atom stereocenters. The number of hydrogen-bond donors (Lipinski definition) is 0. The summed E-state index contributed by atoms with van der Waals surface area (Å²) in [6.45, 7) is 7.56. The van der Waals surface area contributed by atoms with Gasteiger partial charge in [0.25, 0.3) is 5.91 Å². The van der Waals surface area contributed by atoms with Gasteiger partial charge in [0, 0.05) is 28.0 Å². The Morgan fingerprint density at radius 2 is 1.84 bits per heavy atom. The Balaban J connectivity index is 1.75. The molecule has 0 aliphatic carbocycles. The maximum absolute atomic E-state index is 13.5. The summed E-state index contributed by atoms with van der Waals surface area (Å²) in [5.74, 6) is 0.00950. The topological polar surface area (TPSA) is 35.9 Å². The summed E-state index contributed by atoms with van der Waals surface area (Å²) in [5, 5.41) is 3.01. The first-order valence-corrected chi connectivity index (χ1v) is 12.7. The minimum Gasteiger partial charge on any atom is -0.334 e. The van der Waals surface area contributed by atoms with Crippen LogP contribution in [0.1, 0.15) is 32.3 Å². The van der Waals surface area contributed by atoms with E-state index >= 15 is 0 Å². The van der Waals surface area contributed by atoms with Gasteiger partial charge in [-0.2, -0.15) is 0 Å². The third-order valence-electron chi connectivity index (χ3n) is 5.15. The number of benzene rings is 2. The molecule has 0 N–H and O–H groups in total. The molecule has 2 aromatic carbocycles. The fourth-order valence-electron chi connectivity index (χ4n) is 3.43. The predicted octanol–water partition coefficient (Wildman–Crippen LogP) is 7.47. The van der Waals surface area contributed by atoms with Crippen molar-refractivity contribution in [2.45, 2.75) is 38.5 Å². The molecule has 0 radical (unpaired) electrons. The van der Waals surface area contributed by atoms with Crippen LogP contribution in [0.4, 0.5) is 11.4 Å². The van der Waals surface area contributed by atoms with E-state index in [9.17, 15) is 4.79 Å². The lowest BCUT2D eigenvalue weighted by Gasteiger charge is -2.19. The summed E-state index contributed by atoms with van der Waals surface area (Å²) in [4.78, 5) is 24.1. The standard InChI is InChI=1S/C23H23Cl2N3OS2/c1-4-6-11-28-21(29)20(31-23(28)26-16-9-7-14(3)17(25)13-16)22-27(5-2)18-12-15(24)8-10-19(18)30-22/h7-10,12-13H,4-6,11H2,1-3H3. The Kier molecular flexibility index (Phi) is 6.92. The number of carbonyl (C=O) groups excluding carboxylic acids is 1. The molecule has 0 bridgehead atoms. The average Bonchev–Trinajstić information content (AvgIpc) is 3.25. The highest BCUT2D eigenvalue weighted by Gasteiger charge is 2.39. The number of hydrogen-bond acceptors (Lipinski definition) is 5. The monoisotopic (exact) mass is 491 g/mol. The zero-order valence-electron chi connectivity index (χ0n) is 17.6. The number of aliphatic imine (C=N–C) groups is 1. The second-order valence-electron chi connectivity index (χ2n) is 7.33. The average molecular weight is 492 g/mol. The van der Waals surface area contributed by atoms with Crippen molar-refractivity contribution in [3.63, 3.8) is 0 Å². The number of anilines is 1. The lowest BCUT2D eigenvalue weighted by Crippen LogP contribution is -2.30. The highest BCUT2D eigenvalue weighted by Crippen LogP contribution is 2.51. The number of aryl methyl sites for hydroxylation is 1. The molecule has 1 amide bonds. The van der Waals surface area contributed by atoms with Gasteiger partial charge in [-0.15, -0.1) is 0 Å². The van der Waals surface area contributed by atoms with Crippen molar-refractivity contribution in [2.24, 2.45) is 4.99 Å². The SMILES string of the molecule is CCCCN1C(=O)C(=C2Sc3ccc(Cl)cc3N2CC)SC1=Nc1ccc(C)c(Cl)c1. The van der Waals surface area contributed by atoms with E-state index in [2.05, 4.69) is 18.7 Å². The molecule has 2 aliphatic rings. The normalized spacial score (nSPS) is 19.6. The van der Waals surface area contributed by atoms with E-state index in [4.69, 9.17) is 28.2 Å². The van der Waals surface area contributed by atoms with E-state index in [1.807, 2.05) is 43.3 Å². The lowest BCUT2D eigenvalue weighted by molar-refractivity contribution is -0.122. The van der Waals surface area contributed by atoms with Crippen molar-refractivity contribution in [1.82, 2.24) is 4.90 Å². The highest BCUT2D eigenvalue weighted by atomic mass is 35.5. The molecule has 1 saturated heterocycles. The van der Waals surface area contributed by atoms with Crippen LogP contribution in [-0.4, -0.2) is 29.1 Å². The molecule has 4 rings (SSSR count). The van der Waals surface area contributed by atoms with Crippen LogP contribution in [0.3, 0.4) is 0 Å². The first kappa shape index (κ1) is 22.6. The second kappa shape index (κ2) is 9.49. The van der Waals surface area contributed by atoms with Gasteiger partial charge in [0.2, 0.25) is 0 Å². The van der Waals surface area contributed by atoms with Gasteiger partial charge >= 0.3 is 0 Å². The number of amides is 1. The summed E-state index contributed by atoms with van der Waals surface area (Å²) >= 11 is 15.6. The molecule has 0 spiro atoms. The lowest BCUT2D eigenvalue weighted by atomic mass is 10.2. The van der Waals surface area contributed by atoms with Crippen LogP contribution in [0, 0.1) is 6.92 Å². The molecule has 2 aromatic rings. The van der Waals surface area contributed by atoms with Gasteiger partial charge in [0.05, 0.1) is 11.4 Å². The van der Waals surface area contributed by atoms with Crippen LogP contribution in [0.5, 0.6) is 0 Å². The van der Waals surface area contributed by atoms with Gasteiger partial charge in [0.1, 0.15) is 9.93 Å². The van der Waals surface area contributed by atoms with Crippen molar-refractivity contribution < 1.29 is 4.79 Å². The summed E-state index contributed by atoms with van der Waals surface area (Å²) in [7, 11) is 0. The van der Waals surface area contributed by atoms with E-state index in [0.29, 0.717) is 26.7 Å². The Hall–Kier alpha value is -1.60. The van der Waals surface area contributed by atoms with Crippen LogP contribution < -0.4 is 4.90 Å². The molecule has 8 heteroatoms. The maximum Gasteiger partial charge on any atom is 0.269 e. The number of unbranched alkanes of at least 4 members (excludes halogenated alkanes) is 1. The Bertz CT molecular complexity index is 1100. The van der Waals surface area contributed by atoms with Crippen molar-refractivity contribution in [2.75, 3.05) is 18.0 Å². The van der Waals surface area contributed by atoms with Gasteiger partial charge in [-0.25, -0.2) is 4.99 Å². The van der Waals surface area contributed by atoms with E-state index in [-0.39, 0.29) is 5.91 Å². The summed E-state index contributed by atoms with van der Waals surface area (Å²) in [5.41, 5.74) is 2.80. The summed E-state index contributed by atoms with van der Waals surface area (Å²) in [6.07, 6.45) is 1.92. The van der Waals surface area contributed by atoms with Crippen LogP contribution in [0.15, 0.2) is 56.2 Å². The molecular weight excluding hydrogens is 469 g/mol. The molecular formula is C23H23Cl2N3OS2.